The van der Waals surface area contributed by atoms with Crippen molar-refractivity contribution in [2.75, 3.05) is 31.1 Å². The van der Waals surface area contributed by atoms with Crippen LogP contribution in [0.25, 0.3) is 21.9 Å². The van der Waals surface area contributed by atoms with Gasteiger partial charge < -0.3 is 10.2 Å². The van der Waals surface area contributed by atoms with Crippen LogP contribution in [-0.2, 0) is 10.0 Å². The Morgan fingerprint density at radius 1 is 0.929 bits per heavy atom. The smallest absolute Gasteiger partial charge is 0.238 e. The van der Waals surface area contributed by atoms with Crippen molar-refractivity contribution in [3.05, 3.63) is 60.2 Å². The molecule has 3 N–H and O–H groups in total. The first-order valence-corrected chi connectivity index (χ1v) is 11.1. The minimum atomic E-state index is -3.82. The summed E-state index contributed by atoms with van der Waals surface area (Å²) in [6.45, 7) is 5.91. The zero-order chi connectivity index (χ0) is 19.7. The maximum absolute atomic E-state index is 12.2. The third kappa shape index (κ3) is 3.63. The molecule has 0 spiro atoms. The molecular weight excluding hydrogens is 370 g/mol. The number of nitrogens with one attached hydrogen (secondary N) is 1. The molecule has 5 nitrogen and oxygen atoms in total. The SMILES string of the molecule is Cc1ccc(S(N)(=O)=O)c(-c2ccc(N3CCCNCC3)c3ccccc23)c1. The van der Waals surface area contributed by atoms with Crippen LogP contribution in [0, 0.1) is 6.92 Å². The summed E-state index contributed by atoms with van der Waals surface area (Å²) in [5.41, 5.74) is 3.73. The van der Waals surface area contributed by atoms with Crippen molar-refractivity contribution in [3.63, 3.8) is 0 Å². The van der Waals surface area contributed by atoms with Crippen molar-refractivity contribution in [2.24, 2.45) is 5.14 Å². The first-order chi connectivity index (χ1) is 13.4. The van der Waals surface area contributed by atoms with Gasteiger partial charge in [-0.25, -0.2) is 13.6 Å². The van der Waals surface area contributed by atoms with E-state index in [1.54, 1.807) is 12.1 Å². The molecule has 3 aromatic rings. The number of primary sulfonamides is 1. The van der Waals surface area contributed by atoms with Crippen molar-refractivity contribution in [1.29, 1.82) is 0 Å². The molecule has 28 heavy (non-hydrogen) atoms. The number of nitrogens with two attached hydrogens (primary N) is 1. The van der Waals surface area contributed by atoms with E-state index in [0.717, 1.165) is 54.5 Å². The topological polar surface area (TPSA) is 75.4 Å². The fourth-order valence-electron chi connectivity index (χ4n) is 3.98. The normalized spacial score (nSPS) is 15.6. The highest BCUT2D eigenvalue weighted by atomic mass is 32.2. The van der Waals surface area contributed by atoms with Crippen LogP contribution in [-0.4, -0.2) is 34.6 Å². The summed E-state index contributed by atoms with van der Waals surface area (Å²) in [4.78, 5) is 2.57. The Hall–Kier alpha value is -2.41. The number of rotatable bonds is 3. The van der Waals surface area contributed by atoms with E-state index in [0.29, 0.717) is 5.56 Å². The Morgan fingerprint density at radius 3 is 2.50 bits per heavy atom. The first-order valence-electron chi connectivity index (χ1n) is 9.56. The summed E-state index contributed by atoms with van der Waals surface area (Å²) in [7, 11) is -3.82. The number of hydrogen-bond donors (Lipinski definition) is 2. The molecule has 0 aliphatic carbocycles. The first kappa shape index (κ1) is 18.9. The quantitative estimate of drug-likeness (QED) is 0.714. The summed E-state index contributed by atoms with van der Waals surface area (Å²) in [5.74, 6) is 0. The Morgan fingerprint density at radius 2 is 1.71 bits per heavy atom. The van der Waals surface area contributed by atoms with Crippen LogP contribution < -0.4 is 15.4 Å². The summed E-state index contributed by atoms with van der Waals surface area (Å²) in [6.07, 6.45) is 1.10. The number of anilines is 1. The second-order valence-corrected chi connectivity index (χ2v) is 8.84. The van der Waals surface area contributed by atoms with Gasteiger partial charge in [0.25, 0.3) is 0 Å². The van der Waals surface area contributed by atoms with Crippen molar-refractivity contribution in [2.45, 2.75) is 18.2 Å². The van der Waals surface area contributed by atoms with Gasteiger partial charge in [0.1, 0.15) is 0 Å². The van der Waals surface area contributed by atoms with Gasteiger partial charge in [-0.15, -0.1) is 0 Å². The van der Waals surface area contributed by atoms with Crippen LogP contribution in [0.15, 0.2) is 59.5 Å². The number of nitrogens with zero attached hydrogens (tertiary/aromatic N) is 1. The van der Waals surface area contributed by atoms with E-state index in [-0.39, 0.29) is 4.90 Å². The van der Waals surface area contributed by atoms with Crippen molar-refractivity contribution < 1.29 is 8.42 Å². The Labute approximate surface area is 166 Å². The van der Waals surface area contributed by atoms with Gasteiger partial charge in [0.05, 0.1) is 4.90 Å². The molecule has 0 atom stereocenters. The molecule has 0 radical (unpaired) electrons. The minimum absolute atomic E-state index is 0.162. The number of aryl methyl sites for hydroxylation is 1. The fraction of sp³-hybridized carbons (Fsp3) is 0.273. The molecule has 0 amide bonds. The van der Waals surface area contributed by atoms with Gasteiger partial charge in [-0.1, -0.05) is 48.0 Å². The molecule has 0 bridgehead atoms. The Kier molecular flexibility index (Phi) is 5.10. The van der Waals surface area contributed by atoms with Gasteiger partial charge in [-0.3, -0.25) is 0 Å². The van der Waals surface area contributed by atoms with Crippen LogP contribution in [0.4, 0.5) is 5.69 Å². The van der Waals surface area contributed by atoms with Crippen molar-refractivity contribution in [3.8, 4) is 11.1 Å². The van der Waals surface area contributed by atoms with Crippen LogP contribution >= 0.6 is 0 Å². The molecule has 146 valence electrons. The molecular formula is C22H25N3O2S. The van der Waals surface area contributed by atoms with Crippen molar-refractivity contribution in [1.82, 2.24) is 5.32 Å². The lowest BCUT2D eigenvalue weighted by Gasteiger charge is -2.25. The molecule has 1 fully saturated rings. The fourth-order valence-corrected chi connectivity index (χ4v) is 4.72. The molecule has 0 saturated carbocycles. The van der Waals surface area contributed by atoms with Gasteiger partial charge in [-0.05, 0) is 43.0 Å². The predicted molar refractivity (Wildman–Crippen MR) is 115 cm³/mol. The average molecular weight is 396 g/mol. The molecule has 6 heteroatoms. The number of sulfonamides is 1. The lowest BCUT2D eigenvalue weighted by Crippen LogP contribution is -2.27. The van der Waals surface area contributed by atoms with E-state index in [4.69, 9.17) is 5.14 Å². The van der Waals surface area contributed by atoms with E-state index < -0.39 is 10.0 Å². The summed E-state index contributed by atoms with van der Waals surface area (Å²) < 4.78 is 24.4. The third-order valence-corrected chi connectivity index (χ3v) is 6.28. The maximum Gasteiger partial charge on any atom is 0.238 e. The molecule has 4 rings (SSSR count). The van der Waals surface area contributed by atoms with E-state index in [2.05, 4.69) is 28.4 Å². The zero-order valence-electron chi connectivity index (χ0n) is 16.0. The van der Waals surface area contributed by atoms with Crippen LogP contribution in [0.3, 0.4) is 0 Å². The molecule has 0 unspecified atom stereocenters. The molecule has 1 aliphatic heterocycles. The van der Waals surface area contributed by atoms with Crippen LogP contribution in [0.1, 0.15) is 12.0 Å². The highest BCUT2D eigenvalue weighted by molar-refractivity contribution is 7.89. The van der Waals surface area contributed by atoms with Gasteiger partial charge in [0.2, 0.25) is 10.0 Å². The minimum Gasteiger partial charge on any atom is -0.370 e. The zero-order valence-corrected chi connectivity index (χ0v) is 16.8. The van der Waals surface area contributed by atoms with Crippen LogP contribution in [0.5, 0.6) is 0 Å². The van der Waals surface area contributed by atoms with Gasteiger partial charge in [-0.2, -0.15) is 0 Å². The largest absolute Gasteiger partial charge is 0.370 e. The Bertz CT molecular complexity index is 1120. The molecule has 1 aliphatic rings. The van der Waals surface area contributed by atoms with Gasteiger partial charge >= 0.3 is 0 Å². The number of benzene rings is 3. The summed E-state index contributed by atoms with van der Waals surface area (Å²) in [5, 5.41) is 11.1. The van der Waals surface area contributed by atoms with Crippen LogP contribution in [0.2, 0.25) is 0 Å². The Balaban J connectivity index is 1.94. The van der Waals surface area contributed by atoms with Crippen molar-refractivity contribution >= 4 is 26.5 Å². The second kappa shape index (κ2) is 7.54. The van der Waals surface area contributed by atoms with E-state index >= 15 is 0 Å². The standard InChI is InChI=1S/C22H25N3O2S/c1-16-7-10-22(28(23,26)27)20(15-16)18-8-9-21(19-6-3-2-5-17(18)19)25-13-4-11-24-12-14-25/h2-3,5-10,15,24H,4,11-14H2,1H3,(H2,23,26,27). The molecule has 0 aromatic heterocycles. The lowest BCUT2D eigenvalue weighted by atomic mass is 9.95. The van der Waals surface area contributed by atoms with E-state index in [1.165, 1.54) is 5.69 Å². The third-order valence-electron chi connectivity index (χ3n) is 5.31. The van der Waals surface area contributed by atoms with Gasteiger partial charge in [0, 0.05) is 36.3 Å². The molecule has 3 aromatic carbocycles. The van der Waals surface area contributed by atoms with E-state index in [1.807, 2.05) is 31.2 Å². The molecule has 1 heterocycles. The van der Waals surface area contributed by atoms with Gasteiger partial charge in [0.15, 0.2) is 0 Å². The second-order valence-electron chi connectivity index (χ2n) is 7.31. The molecule has 1 saturated heterocycles. The summed E-state index contributed by atoms with van der Waals surface area (Å²) in [6, 6.07) is 17.6. The van der Waals surface area contributed by atoms with E-state index in [9.17, 15) is 8.42 Å². The number of fused-ring (bicyclic) bond motifs is 1. The average Bonchev–Trinajstić information content (AvgIpc) is 2.95. The number of hydrogen-bond acceptors (Lipinski definition) is 4. The monoisotopic (exact) mass is 395 g/mol. The highest BCUT2D eigenvalue weighted by Crippen LogP contribution is 2.37. The highest BCUT2D eigenvalue weighted by Gasteiger charge is 2.19. The summed E-state index contributed by atoms with van der Waals surface area (Å²) >= 11 is 0. The maximum atomic E-state index is 12.2. The predicted octanol–water partition coefficient (Wildman–Crippen LogP) is 3.26. The lowest BCUT2D eigenvalue weighted by molar-refractivity contribution is 0.598.